The summed E-state index contributed by atoms with van der Waals surface area (Å²) in [5.74, 6) is 0.975. The van der Waals surface area contributed by atoms with Crippen molar-refractivity contribution in [3.8, 4) is 11.8 Å². The molecule has 0 fully saturated rings. The van der Waals surface area contributed by atoms with Crippen LogP contribution in [0.25, 0.3) is 0 Å². The molecule has 0 aliphatic carbocycles. The van der Waals surface area contributed by atoms with Crippen LogP contribution in [0.2, 0.25) is 5.28 Å². The van der Waals surface area contributed by atoms with Gasteiger partial charge in [0.05, 0.1) is 12.4 Å². The second-order valence-electron chi connectivity index (χ2n) is 3.53. The molecule has 0 bridgehead atoms. The predicted molar refractivity (Wildman–Crippen MR) is 62.4 cm³/mol. The molecule has 0 spiro atoms. The van der Waals surface area contributed by atoms with Crippen LogP contribution >= 0.6 is 11.6 Å². The van der Waals surface area contributed by atoms with Gasteiger partial charge in [0.1, 0.15) is 0 Å². The fourth-order valence-electron chi connectivity index (χ4n) is 1.12. The average molecular weight is 255 g/mol. The number of ether oxygens (including phenoxy) is 1. The van der Waals surface area contributed by atoms with E-state index in [2.05, 4.69) is 20.1 Å². The third-order valence-corrected chi connectivity index (χ3v) is 2.04. The minimum atomic E-state index is 0.0857. The van der Waals surface area contributed by atoms with Crippen molar-refractivity contribution in [1.29, 1.82) is 0 Å². The number of anilines is 1. The molecular weight excluding hydrogens is 244 g/mol. The topological polar surface area (TPSA) is 69.0 Å². The van der Waals surface area contributed by atoms with E-state index < -0.39 is 0 Å². The molecule has 2 aromatic rings. The van der Waals surface area contributed by atoms with E-state index in [4.69, 9.17) is 16.3 Å². The van der Waals surface area contributed by atoms with Gasteiger partial charge in [0.25, 0.3) is 0 Å². The molecule has 2 heterocycles. The van der Waals surface area contributed by atoms with Crippen LogP contribution < -0.4 is 9.64 Å². The maximum Gasteiger partial charge on any atom is 0.328 e. The van der Waals surface area contributed by atoms with Gasteiger partial charge < -0.3 is 9.64 Å². The fourth-order valence-corrected chi connectivity index (χ4v) is 1.27. The Morgan fingerprint density at radius 1 is 1.29 bits per heavy atom. The number of nitrogens with zero attached hydrogens (tertiary/aromatic N) is 6. The van der Waals surface area contributed by atoms with Crippen molar-refractivity contribution < 1.29 is 4.74 Å². The van der Waals surface area contributed by atoms with Gasteiger partial charge in [0.15, 0.2) is 5.75 Å². The summed E-state index contributed by atoms with van der Waals surface area (Å²) in [6, 6.07) is 0.140. The Kier molecular flexibility index (Phi) is 3.10. The van der Waals surface area contributed by atoms with Gasteiger partial charge in [-0.1, -0.05) is 0 Å². The maximum atomic E-state index is 5.78. The van der Waals surface area contributed by atoms with E-state index in [9.17, 15) is 0 Å². The zero-order valence-electron chi connectivity index (χ0n) is 9.62. The van der Waals surface area contributed by atoms with Crippen LogP contribution in [0.1, 0.15) is 0 Å². The first-order valence-corrected chi connectivity index (χ1v) is 5.18. The van der Waals surface area contributed by atoms with Crippen molar-refractivity contribution in [1.82, 2.24) is 24.7 Å². The Balaban J connectivity index is 2.26. The van der Waals surface area contributed by atoms with Gasteiger partial charge in [-0.3, -0.25) is 4.68 Å². The van der Waals surface area contributed by atoms with Crippen molar-refractivity contribution in [3.63, 3.8) is 0 Å². The van der Waals surface area contributed by atoms with Crippen LogP contribution in [0.4, 0.5) is 5.95 Å². The molecule has 0 aliphatic rings. The van der Waals surface area contributed by atoms with Crippen molar-refractivity contribution in [2.45, 2.75) is 0 Å². The number of rotatable bonds is 3. The van der Waals surface area contributed by atoms with Crippen LogP contribution in [0, 0.1) is 0 Å². The molecule has 7 nitrogen and oxygen atoms in total. The molecule has 90 valence electrons. The second kappa shape index (κ2) is 4.54. The van der Waals surface area contributed by atoms with Gasteiger partial charge >= 0.3 is 6.01 Å². The first kappa shape index (κ1) is 11.6. The van der Waals surface area contributed by atoms with Gasteiger partial charge in [-0.25, -0.2) is 0 Å². The van der Waals surface area contributed by atoms with Gasteiger partial charge in [-0.15, -0.1) is 0 Å². The molecule has 0 aromatic carbocycles. The minimum absolute atomic E-state index is 0.0857. The summed E-state index contributed by atoms with van der Waals surface area (Å²) in [7, 11) is 5.40. The van der Waals surface area contributed by atoms with E-state index in [1.165, 1.54) is 0 Å². The van der Waals surface area contributed by atoms with Crippen LogP contribution in [-0.2, 0) is 7.05 Å². The summed E-state index contributed by atoms with van der Waals surface area (Å²) in [6.45, 7) is 0. The number of hydrogen-bond donors (Lipinski definition) is 0. The summed E-state index contributed by atoms with van der Waals surface area (Å²) in [5, 5.41) is 4.06. The van der Waals surface area contributed by atoms with E-state index in [1.807, 2.05) is 0 Å². The Morgan fingerprint density at radius 2 is 2.06 bits per heavy atom. The summed E-state index contributed by atoms with van der Waals surface area (Å²) in [6.07, 6.45) is 3.26. The maximum absolute atomic E-state index is 5.78. The molecule has 0 N–H and O–H groups in total. The highest BCUT2D eigenvalue weighted by Gasteiger charge is 2.09. The van der Waals surface area contributed by atoms with E-state index in [0.29, 0.717) is 11.7 Å². The highest BCUT2D eigenvalue weighted by Crippen LogP contribution is 2.19. The Bertz CT molecular complexity index is 526. The lowest BCUT2D eigenvalue weighted by atomic mass is 10.6. The largest absolute Gasteiger partial charge is 0.421 e. The van der Waals surface area contributed by atoms with E-state index in [-0.39, 0.29) is 11.3 Å². The zero-order chi connectivity index (χ0) is 12.4. The van der Waals surface area contributed by atoms with Crippen molar-refractivity contribution in [3.05, 3.63) is 17.7 Å². The molecule has 8 heteroatoms. The third kappa shape index (κ3) is 2.82. The first-order chi connectivity index (χ1) is 8.04. The fraction of sp³-hybridized carbons (Fsp3) is 0.333. The van der Waals surface area contributed by atoms with Gasteiger partial charge in [0, 0.05) is 21.1 Å². The van der Waals surface area contributed by atoms with Crippen LogP contribution in [0.15, 0.2) is 12.4 Å². The molecule has 0 radical (unpaired) electrons. The van der Waals surface area contributed by atoms with Gasteiger partial charge in [-0.05, 0) is 11.6 Å². The van der Waals surface area contributed by atoms with Crippen LogP contribution in [-0.4, -0.2) is 38.8 Å². The SMILES string of the molecule is CN(C)c1nc(Cl)nc(Oc2cnn(C)c2)n1. The Labute approximate surface area is 103 Å². The molecule has 0 aliphatic heterocycles. The zero-order valence-corrected chi connectivity index (χ0v) is 10.4. The number of hydrogen-bond acceptors (Lipinski definition) is 6. The quantitative estimate of drug-likeness (QED) is 0.818. The highest BCUT2D eigenvalue weighted by molar-refractivity contribution is 6.28. The van der Waals surface area contributed by atoms with Crippen LogP contribution in [0.5, 0.6) is 11.8 Å². The lowest BCUT2D eigenvalue weighted by molar-refractivity contribution is 0.439. The Morgan fingerprint density at radius 3 is 2.65 bits per heavy atom. The smallest absolute Gasteiger partial charge is 0.328 e. The standard InChI is InChI=1S/C9H11ClN6O/c1-15(2)8-12-7(10)13-9(14-8)17-6-4-11-16(3)5-6/h4-5H,1-3H3. The molecule has 0 unspecified atom stereocenters. The van der Waals surface area contributed by atoms with E-state index in [0.717, 1.165) is 0 Å². The minimum Gasteiger partial charge on any atom is -0.421 e. The summed E-state index contributed by atoms with van der Waals surface area (Å²) < 4.78 is 7.03. The average Bonchev–Trinajstić information content (AvgIpc) is 2.63. The molecule has 0 saturated carbocycles. The molecular formula is C9H11ClN6O. The van der Waals surface area contributed by atoms with Crippen molar-refractivity contribution in [2.75, 3.05) is 19.0 Å². The summed E-state index contributed by atoms with van der Waals surface area (Å²) in [5.41, 5.74) is 0. The molecule has 0 atom stereocenters. The van der Waals surface area contributed by atoms with Crippen LogP contribution in [0.3, 0.4) is 0 Å². The van der Waals surface area contributed by atoms with Crippen molar-refractivity contribution >= 4 is 17.5 Å². The van der Waals surface area contributed by atoms with E-state index >= 15 is 0 Å². The van der Waals surface area contributed by atoms with Gasteiger partial charge in [-0.2, -0.15) is 20.1 Å². The second-order valence-corrected chi connectivity index (χ2v) is 3.87. The lowest BCUT2D eigenvalue weighted by Crippen LogP contribution is -2.13. The molecule has 0 saturated heterocycles. The number of aromatic nitrogens is 5. The predicted octanol–water partition coefficient (Wildman–Crippen LogP) is 1.12. The normalized spacial score (nSPS) is 10.4. The summed E-state index contributed by atoms with van der Waals surface area (Å²) >= 11 is 5.78. The molecule has 2 rings (SSSR count). The Hall–Kier alpha value is -1.89. The number of halogens is 1. The molecule has 0 amide bonds. The van der Waals surface area contributed by atoms with E-state index in [1.54, 1.807) is 43.1 Å². The lowest BCUT2D eigenvalue weighted by Gasteiger charge is -2.10. The third-order valence-electron chi connectivity index (χ3n) is 1.87. The highest BCUT2D eigenvalue weighted by atomic mass is 35.5. The first-order valence-electron chi connectivity index (χ1n) is 4.80. The van der Waals surface area contributed by atoms with Crippen molar-refractivity contribution in [2.24, 2.45) is 7.05 Å². The molecule has 2 aromatic heterocycles. The van der Waals surface area contributed by atoms with Gasteiger partial charge in [0.2, 0.25) is 11.2 Å². The summed E-state index contributed by atoms with van der Waals surface area (Å²) in [4.78, 5) is 13.6. The number of aryl methyl sites for hydroxylation is 1. The molecule has 17 heavy (non-hydrogen) atoms. The monoisotopic (exact) mass is 254 g/mol.